The number of benzene rings is 2. The average Bonchev–Trinajstić information content (AvgIpc) is 2.46. The molecule has 1 N–H and O–H groups in total. The summed E-state index contributed by atoms with van der Waals surface area (Å²) in [7, 11) is 0. The molecule has 2 rings (SSSR count). The summed E-state index contributed by atoms with van der Waals surface area (Å²) in [5.74, 6) is 2.66. The second-order valence-electron chi connectivity index (χ2n) is 4.38. The van der Waals surface area contributed by atoms with Crippen molar-refractivity contribution in [3.05, 3.63) is 64.1 Å². The minimum atomic E-state index is 0.293. The van der Waals surface area contributed by atoms with Crippen LogP contribution >= 0.6 is 15.9 Å². The summed E-state index contributed by atoms with van der Waals surface area (Å²) in [6.07, 6.45) is 6.44. The summed E-state index contributed by atoms with van der Waals surface area (Å²) < 4.78 is 1.10. The summed E-state index contributed by atoms with van der Waals surface area (Å²) >= 11 is 3.46. The van der Waals surface area contributed by atoms with Gasteiger partial charge in [0.1, 0.15) is 0 Å². The van der Waals surface area contributed by atoms with Crippen molar-refractivity contribution in [3.63, 3.8) is 0 Å². The van der Waals surface area contributed by atoms with Crippen LogP contribution in [0.2, 0.25) is 0 Å². The first-order valence-electron chi connectivity index (χ1n) is 6.31. The Hall–Kier alpha value is -1.72. The van der Waals surface area contributed by atoms with E-state index in [0.717, 1.165) is 22.1 Å². The van der Waals surface area contributed by atoms with Gasteiger partial charge in [-0.15, -0.1) is 6.42 Å². The fourth-order valence-electron chi connectivity index (χ4n) is 2.02. The van der Waals surface area contributed by atoms with Crippen LogP contribution in [0.3, 0.4) is 0 Å². The number of rotatable bonds is 4. The molecular formula is C17H16BrN. The average molecular weight is 314 g/mol. The van der Waals surface area contributed by atoms with E-state index in [4.69, 9.17) is 6.42 Å². The van der Waals surface area contributed by atoms with Gasteiger partial charge in [0.15, 0.2) is 0 Å². The van der Waals surface area contributed by atoms with Crippen LogP contribution in [0.25, 0.3) is 0 Å². The maximum absolute atomic E-state index is 5.43. The highest BCUT2D eigenvalue weighted by Crippen LogP contribution is 2.24. The van der Waals surface area contributed by atoms with E-state index in [2.05, 4.69) is 58.4 Å². The van der Waals surface area contributed by atoms with Gasteiger partial charge in [-0.1, -0.05) is 47.0 Å². The Morgan fingerprint density at radius 3 is 2.58 bits per heavy atom. The van der Waals surface area contributed by atoms with Gasteiger partial charge >= 0.3 is 0 Å². The first kappa shape index (κ1) is 13.7. The lowest BCUT2D eigenvalue weighted by atomic mass is 10.0. The Kier molecular flexibility index (Phi) is 4.65. The molecule has 1 nitrogen and oxygen atoms in total. The Balaban J connectivity index is 2.19. The molecule has 0 amide bonds. The largest absolute Gasteiger partial charge is 0.378 e. The number of terminal acetylenes is 1. The molecule has 0 spiro atoms. The van der Waals surface area contributed by atoms with Gasteiger partial charge in [0, 0.05) is 15.7 Å². The smallest absolute Gasteiger partial charge is 0.0511 e. The van der Waals surface area contributed by atoms with E-state index in [0.29, 0.717) is 6.04 Å². The molecule has 96 valence electrons. The SMILES string of the molecule is C#Cc1cccc(NC(CC)c2ccc(Br)cc2)c1. The summed E-state index contributed by atoms with van der Waals surface area (Å²) in [4.78, 5) is 0. The summed E-state index contributed by atoms with van der Waals surface area (Å²) in [5, 5.41) is 3.53. The Labute approximate surface area is 123 Å². The van der Waals surface area contributed by atoms with Crippen LogP contribution < -0.4 is 5.32 Å². The summed E-state index contributed by atoms with van der Waals surface area (Å²) in [5.41, 5.74) is 3.23. The summed E-state index contributed by atoms with van der Waals surface area (Å²) in [6.45, 7) is 2.17. The molecule has 0 aliphatic heterocycles. The lowest BCUT2D eigenvalue weighted by Crippen LogP contribution is -2.09. The lowest BCUT2D eigenvalue weighted by molar-refractivity contribution is 0.749. The van der Waals surface area contributed by atoms with Gasteiger partial charge in [0.05, 0.1) is 6.04 Å². The van der Waals surface area contributed by atoms with Crippen LogP contribution in [-0.2, 0) is 0 Å². The van der Waals surface area contributed by atoms with Gasteiger partial charge < -0.3 is 5.32 Å². The molecule has 1 atom stereocenters. The van der Waals surface area contributed by atoms with Crippen LogP contribution in [0.15, 0.2) is 53.0 Å². The Morgan fingerprint density at radius 2 is 1.95 bits per heavy atom. The fourth-order valence-corrected chi connectivity index (χ4v) is 2.28. The zero-order valence-electron chi connectivity index (χ0n) is 10.9. The molecule has 2 heteroatoms. The zero-order valence-corrected chi connectivity index (χ0v) is 12.4. The molecule has 1 unspecified atom stereocenters. The van der Waals surface area contributed by atoms with Crippen molar-refractivity contribution < 1.29 is 0 Å². The maximum Gasteiger partial charge on any atom is 0.0511 e. The molecule has 2 aromatic rings. The van der Waals surface area contributed by atoms with Crippen molar-refractivity contribution in [2.45, 2.75) is 19.4 Å². The monoisotopic (exact) mass is 313 g/mol. The lowest BCUT2D eigenvalue weighted by Gasteiger charge is -2.19. The molecule has 19 heavy (non-hydrogen) atoms. The number of nitrogens with one attached hydrogen (secondary N) is 1. The van der Waals surface area contributed by atoms with Crippen LogP contribution in [0.1, 0.15) is 30.5 Å². The predicted octanol–water partition coefficient (Wildman–Crippen LogP) is 4.99. The quantitative estimate of drug-likeness (QED) is 0.784. The fraction of sp³-hybridized carbons (Fsp3) is 0.176. The summed E-state index contributed by atoms with van der Waals surface area (Å²) in [6, 6.07) is 16.7. The van der Waals surface area contributed by atoms with E-state index in [9.17, 15) is 0 Å². The van der Waals surface area contributed by atoms with Gasteiger partial charge in [-0.05, 0) is 42.3 Å². The minimum absolute atomic E-state index is 0.293. The van der Waals surface area contributed by atoms with Crippen LogP contribution in [0, 0.1) is 12.3 Å². The molecule has 0 aliphatic rings. The van der Waals surface area contributed by atoms with E-state index in [1.165, 1.54) is 5.56 Å². The van der Waals surface area contributed by atoms with Crippen molar-refractivity contribution in [3.8, 4) is 12.3 Å². The third-order valence-electron chi connectivity index (χ3n) is 3.05. The molecule has 0 aliphatic carbocycles. The topological polar surface area (TPSA) is 12.0 Å². The molecule has 0 bridgehead atoms. The van der Waals surface area contributed by atoms with Gasteiger partial charge in [0.25, 0.3) is 0 Å². The van der Waals surface area contributed by atoms with Crippen LogP contribution in [0.4, 0.5) is 5.69 Å². The standard InChI is InChI=1S/C17H16BrN/c1-3-13-6-5-7-16(12-13)19-17(4-2)14-8-10-15(18)11-9-14/h1,5-12,17,19H,4H2,2H3. The van der Waals surface area contributed by atoms with Gasteiger partial charge in [-0.2, -0.15) is 0 Å². The Morgan fingerprint density at radius 1 is 1.21 bits per heavy atom. The first-order valence-corrected chi connectivity index (χ1v) is 7.11. The van der Waals surface area contributed by atoms with E-state index in [1.54, 1.807) is 0 Å². The Bertz CT molecular complexity index is 581. The van der Waals surface area contributed by atoms with Gasteiger partial charge in [0.2, 0.25) is 0 Å². The number of hydrogen-bond donors (Lipinski definition) is 1. The first-order chi connectivity index (χ1) is 9.22. The van der Waals surface area contributed by atoms with E-state index < -0.39 is 0 Å². The van der Waals surface area contributed by atoms with Crippen molar-refractivity contribution in [1.82, 2.24) is 0 Å². The molecule has 0 aromatic heterocycles. The molecule has 0 fully saturated rings. The third-order valence-corrected chi connectivity index (χ3v) is 3.58. The third kappa shape index (κ3) is 3.62. The van der Waals surface area contributed by atoms with Crippen molar-refractivity contribution in [2.24, 2.45) is 0 Å². The normalized spacial score (nSPS) is 11.6. The van der Waals surface area contributed by atoms with Crippen molar-refractivity contribution in [1.29, 1.82) is 0 Å². The molecule has 0 radical (unpaired) electrons. The second-order valence-corrected chi connectivity index (χ2v) is 5.30. The predicted molar refractivity (Wildman–Crippen MR) is 85.2 cm³/mol. The van der Waals surface area contributed by atoms with Gasteiger partial charge in [-0.3, -0.25) is 0 Å². The minimum Gasteiger partial charge on any atom is -0.378 e. The maximum atomic E-state index is 5.43. The zero-order chi connectivity index (χ0) is 13.7. The van der Waals surface area contributed by atoms with E-state index >= 15 is 0 Å². The highest BCUT2D eigenvalue weighted by atomic mass is 79.9. The van der Waals surface area contributed by atoms with E-state index in [1.807, 2.05) is 24.3 Å². The van der Waals surface area contributed by atoms with Gasteiger partial charge in [-0.25, -0.2) is 0 Å². The number of anilines is 1. The number of hydrogen-bond acceptors (Lipinski definition) is 1. The van der Waals surface area contributed by atoms with Crippen LogP contribution in [-0.4, -0.2) is 0 Å². The highest BCUT2D eigenvalue weighted by molar-refractivity contribution is 9.10. The highest BCUT2D eigenvalue weighted by Gasteiger charge is 2.08. The van der Waals surface area contributed by atoms with Crippen molar-refractivity contribution in [2.75, 3.05) is 5.32 Å². The molecule has 2 aromatic carbocycles. The molecule has 0 saturated heterocycles. The van der Waals surface area contributed by atoms with Crippen LogP contribution in [0.5, 0.6) is 0 Å². The molecule has 0 heterocycles. The molecular weight excluding hydrogens is 298 g/mol. The molecule has 0 saturated carbocycles. The van der Waals surface area contributed by atoms with E-state index in [-0.39, 0.29) is 0 Å². The van der Waals surface area contributed by atoms with Crippen molar-refractivity contribution >= 4 is 21.6 Å². The second kappa shape index (κ2) is 6.45. The number of halogens is 1.